The summed E-state index contributed by atoms with van der Waals surface area (Å²) >= 11 is 0. The van der Waals surface area contributed by atoms with Crippen molar-refractivity contribution in [2.75, 3.05) is 67.7 Å². The van der Waals surface area contributed by atoms with Crippen LogP contribution in [0.3, 0.4) is 0 Å². The number of likely N-dealkylation sites (tertiary alicyclic amines) is 1. The number of carbonyl (C=O) groups excluding carboxylic acids is 2. The number of rotatable bonds is 8. The Hall–Kier alpha value is -2.59. The highest BCUT2D eigenvalue weighted by atomic mass is 16.5. The minimum atomic E-state index is -0.236. The summed E-state index contributed by atoms with van der Waals surface area (Å²) in [5, 5.41) is 2.99. The van der Waals surface area contributed by atoms with Crippen molar-refractivity contribution >= 4 is 11.9 Å². The van der Waals surface area contributed by atoms with Gasteiger partial charge in [-0.3, -0.25) is 9.69 Å². The molecule has 0 bridgehead atoms. The lowest BCUT2D eigenvalue weighted by atomic mass is 10.0. The van der Waals surface area contributed by atoms with Crippen molar-refractivity contribution in [2.24, 2.45) is 0 Å². The number of aromatic nitrogens is 1. The number of carbonyl (C=O) groups is 2. The van der Waals surface area contributed by atoms with Gasteiger partial charge in [0.25, 0.3) is 5.91 Å². The zero-order valence-corrected chi connectivity index (χ0v) is 19.5. The molecule has 1 aromatic rings. The van der Waals surface area contributed by atoms with Gasteiger partial charge >= 0.3 is 6.03 Å². The number of urea groups is 1. The summed E-state index contributed by atoms with van der Waals surface area (Å²) in [5.74, 6) is 0.388. The SMILES string of the molecule is COc1ccc(C(=O)NCCN(C2CCOCC2)C2CCN(C(=O)N(C)C)C2)c(OC)n1. The first-order chi connectivity index (χ1) is 15.4. The molecule has 2 aliphatic heterocycles. The highest BCUT2D eigenvalue weighted by Gasteiger charge is 2.35. The van der Waals surface area contributed by atoms with Crippen LogP contribution in [0.2, 0.25) is 0 Å². The summed E-state index contributed by atoms with van der Waals surface area (Å²) in [4.78, 5) is 35.3. The minimum Gasteiger partial charge on any atom is -0.481 e. The Balaban J connectivity index is 1.62. The van der Waals surface area contributed by atoms with Crippen molar-refractivity contribution < 1.29 is 23.8 Å². The van der Waals surface area contributed by atoms with Gasteiger partial charge in [0.1, 0.15) is 5.56 Å². The van der Waals surface area contributed by atoms with Crippen LogP contribution < -0.4 is 14.8 Å². The van der Waals surface area contributed by atoms with Crippen LogP contribution in [0.15, 0.2) is 12.1 Å². The van der Waals surface area contributed by atoms with Crippen LogP contribution in [-0.2, 0) is 4.74 Å². The van der Waals surface area contributed by atoms with Gasteiger partial charge in [-0.25, -0.2) is 4.79 Å². The molecular formula is C22H35N5O5. The lowest BCUT2D eigenvalue weighted by molar-refractivity contribution is 0.0188. The number of methoxy groups -OCH3 is 2. The van der Waals surface area contributed by atoms with Crippen LogP contribution in [0.4, 0.5) is 4.79 Å². The first-order valence-electron chi connectivity index (χ1n) is 11.1. The molecule has 178 valence electrons. The third-order valence-corrected chi connectivity index (χ3v) is 6.08. The number of pyridine rings is 1. The number of nitrogens with zero attached hydrogens (tertiary/aromatic N) is 4. The maximum Gasteiger partial charge on any atom is 0.319 e. The molecule has 0 radical (unpaired) electrons. The molecule has 2 fully saturated rings. The Morgan fingerprint density at radius 1 is 1.16 bits per heavy atom. The zero-order valence-electron chi connectivity index (χ0n) is 19.5. The lowest BCUT2D eigenvalue weighted by Crippen LogP contribution is -2.50. The van der Waals surface area contributed by atoms with E-state index >= 15 is 0 Å². The van der Waals surface area contributed by atoms with Crippen LogP contribution in [0.5, 0.6) is 11.8 Å². The summed E-state index contributed by atoms with van der Waals surface area (Å²) in [6.07, 6.45) is 2.85. The van der Waals surface area contributed by atoms with E-state index in [2.05, 4.69) is 15.2 Å². The highest BCUT2D eigenvalue weighted by Crippen LogP contribution is 2.24. The highest BCUT2D eigenvalue weighted by molar-refractivity contribution is 5.96. The molecule has 1 unspecified atom stereocenters. The normalized spacial score (nSPS) is 19.2. The maximum atomic E-state index is 12.8. The molecule has 3 heterocycles. The summed E-state index contributed by atoms with van der Waals surface area (Å²) < 4.78 is 15.9. The van der Waals surface area contributed by atoms with E-state index in [0.29, 0.717) is 37.1 Å². The van der Waals surface area contributed by atoms with Gasteiger partial charge in [-0.05, 0) is 25.3 Å². The van der Waals surface area contributed by atoms with E-state index in [1.165, 1.54) is 14.2 Å². The second-order valence-corrected chi connectivity index (χ2v) is 8.31. The van der Waals surface area contributed by atoms with Gasteiger partial charge in [0.05, 0.1) is 14.2 Å². The van der Waals surface area contributed by atoms with Gasteiger partial charge in [0, 0.05) is 71.6 Å². The molecule has 1 atom stereocenters. The summed E-state index contributed by atoms with van der Waals surface area (Å²) in [6.45, 7) is 4.14. The van der Waals surface area contributed by atoms with Gasteiger partial charge in [0.15, 0.2) is 0 Å². The fraction of sp³-hybridized carbons (Fsp3) is 0.682. The molecule has 0 aliphatic carbocycles. The third kappa shape index (κ3) is 5.80. The van der Waals surface area contributed by atoms with E-state index in [1.54, 1.807) is 31.1 Å². The van der Waals surface area contributed by atoms with E-state index < -0.39 is 0 Å². The standard InChI is InChI=1S/C22H35N5O5/c1-25(2)22(29)26-11-7-17(15-26)27(16-8-13-32-14-9-16)12-10-23-20(28)18-5-6-19(30-3)24-21(18)31-4/h5-6,16-17H,7-15H2,1-4H3,(H,23,28). The van der Waals surface area contributed by atoms with Crippen molar-refractivity contribution in [1.82, 2.24) is 25.0 Å². The number of amides is 3. The average molecular weight is 450 g/mol. The topological polar surface area (TPSA) is 96.5 Å². The van der Waals surface area contributed by atoms with Crippen molar-refractivity contribution in [2.45, 2.75) is 31.3 Å². The van der Waals surface area contributed by atoms with E-state index in [-0.39, 0.29) is 23.9 Å². The predicted molar refractivity (Wildman–Crippen MR) is 119 cm³/mol. The number of hydrogen-bond donors (Lipinski definition) is 1. The molecule has 3 rings (SSSR count). The lowest BCUT2D eigenvalue weighted by Gasteiger charge is -2.38. The fourth-order valence-corrected chi connectivity index (χ4v) is 4.41. The molecule has 10 heteroatoms. The van der Waals surface area contributed by atoms with Gasteiger partial charge in [-0.2, -0.15) is 4.98 Å². The van der Waals surface area contributed by atoms with Crippen LogP contribution in [-0.4, -0.2) is 111 Å². The Morgan fingerprint density at radius 2 is 1.91 bits per heavy atom. The first-order valence-corrected chi connectivity index (χ1v) is 11.1. The molecular weight excluding hydrogens is 414 g/mol. The quantitative estimate of drug-likeness (QED) is 0.634. The van der Waals surface area contributed by atoms with Gasteiger partial charge in [-0.15, -0.1) is 0 Å². The molecule has 32 heavy (non-hydrogen) atoms. The van der Waals surface area contributed by atoms with E-state index in [0.717, 1.165) is 39.0 Å². The predicted octanol–water partition coefficient (Wildman–Crippen LogP) is 1.07. The Morgan fingerprint density at radius 3 is 2.56 bits per heavy atom. The van der Waals surface area contributed by atoms with E-state index in [9.17, 15) is 9.59 Å². The van der Waals surface area contributed by atoms with Gasteiger partial charge in [-0.1, -0.05) is 0 Å². The number of hydrogen-bond acceptors (Lipinski definition) is 7. The summed E-state index contributed by atoms with van der Waals surface area (Å²) in [7, 11) is 6.56. The smallest absolute Gasteiger partial charge is 0.319 e. The fourth-order valence-electron chi connectivity index (χ4n) is 4.41. The maximum absolute atomic E-state index is 12.8. The van der Waals surface area contributed by atoms with Gasteiger partial charge < -0.3 is 29.3 Å². The van der Waals surface area contributed by atoms with Crippen molar-refractivity contribution in [1.29, 1.82) is 0 Å². The molecule has 2 saturated heterocycles. The second-order valence-electron chi connectivity index (χ2n) is 8.31. The molecule has 0 spiro atoms. The Labute approximate surface area is 189 Å². The second kappa shape index (κ2) is 11.3. The molecule has 2 aliphatic rings. The van der Waals surface area contributed by atoms with Crippen molar-refractivity contribution in [3.05, 3.63) is 17.7 Å². The first kappa shape index (κ1) is 24.1. The van der Waals surface area contributed by atoms with Crippen molar-refractivity contribution in [3.63, 3.8) is 0 Å². The molecule has 1 N–H and O–H groups in total. The van der Waals surface area contributed by atoms with Crippen LogP contribution >= 0.6 is 0 Å². The number of nitrogens with one attached hydrogen (secondary N) is 1. The van der Waals surface area contributed by atoms with Crippen molar-refractivity contribution in [3.8, 4) is 11.8 Å². The molecule has 0 aromatic carbocycles. The minimum absolute atomic E-state index is 0.0480. The third-order valence-electron chi connectivity index (χ3n) is 6.08. The molecule has 3 amide bonds. The molecule has 10 nitrogen and oxygen atoms in total. The average Bonchev–Trinajstić information content (AvgIpc) is 3.30. The van der Waals surface area contributed by atoms with Crippen LogP contribution in [0.1, 0.15) is 29.6 Å². The van der Waals surface area contributed by atoms with Crippen LogP contribution in [0, 0.1) is 0 Å². The zero-order chi connectivity index (χ0) is 23.1. The van der Waals surface area contributed by atoms with Crippen LogP contribution in [0.25, 0.3) is 0 Å². The van der Waals surface area contributed by atoms with E-state index in [1.807, 2.05) is 4.90 Å². The van der Waals surface area contributed by atoms with Gasteiger partial charge in [0.2, 0.25) is 11.8 Å². The largest absolute Gasteiger partial charge is 0.481 e. The number of ether oxygens (including phenoxy) is 3. The monoisotopic (exact) mass is 449 g/mol. The summed E-state index contributed by atoms with van der Waals surface area (Å²) in [5.41, 5.74) is 0.370. The molecule has 1 aromatic heterocycles. The summed E-state index contributed by atoms with van der Waals surface area (Å²) in [6, 6.07) is 4.00. The Bertz CT molecular complexity index is 784. The van der Waals surface area contributed by atoms with E-state index in [4.69, 9.17) is 14.2 Å². The Kier molecular flexibility index (Phi) is 8.52. The molecule has 0 saturated carbocycles.